The number of benzene rings is 2. The van der Waals surface area contributed by atoms with E-state index in [0.29, 0.717) is 0 Å². The number of hydrogen-bond acceptors (Lipinski definition) is 4. The molecule has 0 aromatic heterocycles. The molecule has 29 heavy (non-hydrogen) atoms. The summed E-state index contributed by atoms with van der Waals surface area (Å²) in [6.45, 7) is 4.12. The quantitative estimate of drug-likeness (QED) is 0.364. The molecule has 0 spiro atoms. The lowest BCUT2D eigenvalue weighted by Crippen LogP contribution is -2.37. The molecule has 1 N–H and O–H groups in total. The molecule has 0 saturated carbocycles. The SMILES string of the molecule is CN1c2ccc(S(=O)(=O)O)cc2C(C)(C)C1/C=C/C(Br)=C/C=Nc1ccccc1. The average molecular weight is 475 g/mol. The van der Waals surface area contributed by atoms with Crippen LogP contribution in [0.1, 0.15) is 19.4 Å². The highest BCUT2D eigenvalue weighted by molar-refractivity contribution is 9.11. The molecule has 0 radical (unpaired) electrons. The van der Waals surface area contributed by atoms with Crippen LogP contribution in [0.2, 0.25) is 0 Å². The molecule has 2 aromatic carbocycles. The number of aliphatic imine (C=N–C) groups is 1. The van der Waals surface area contributed by atoms with Crippen LogP contribution in [0.25, 0.3) is 0 Å². The minimum Gasteiger partial charge on any atom is -0.367 e. The smallest absolute Gasteiger partial charge is 0.294 e. The fourth-order valence-electron chi connectivity index (χ4n) is 3.61. The van der Waals surface area contributed by atoms with Crippen molar-refractivity contribution in [1.29, 1.82) is 0 Å². The molecule has 0 aliphatic carbocycles. The van der Waals surface area contributed by atoms with Gasteiger partial charge < -0.3 is 4.90 Å². The van der Waals surface area contributed by atoms with Crippen molar-refractivity contribution in [3.05, 3.63) is 76.8 Å². The summed E-state index contributed by atoms with van der Waals surface area (Å²) in [5, 5.41) is 0. The van der Waals surface area contributed by atoms with Crippen molar-refractivity contribution in [3.8, 4) is 0 Å². The number of likely N-dealkylation sites (N-methyl/N-ethyl adjacent to an activating group) is 1. The van der Waals surface area contributed by atoms with Crippen LogP contribution in [0, 0.1) is 0 Å². The Morgan fingerprint density at radius 3 is 2.55 bits per heavy atom. The maximum Gasteiger partial charge on any atom is 0.294 e. The van der Waals surface area contributed by atoms with E-state index in [9.17, 15) is 13.0 Å². The summed E-state index contributed by atoms with van der Waals surface area (Å²) in [6, 6.07) is 14.4. The normalized spacial score (nSPS) is 19.3. The average Bonchev–Trinajstić information content (AvgIpc) is 2.86. The zero-order valence-corrected chi connectivity index (χ0v) is 18.9. The first kappa shape index (κ1) is 21.5. The Kier molecular flexibility index (Phi) is 6.12. The van der Waals surface area contributed by atoms with Gasteiger partial charge in [-0.25, -0.2) is 0 Å². The van der Waals surface area contributed by atoms with Crippen LogP contribution in [0.4, 0.5) is 11.4 Å². The van der Waals surface area contributed by atoms with Crippen LogP contribution in [0.15, 0.2) is 81.1 Å². The van der Waals surface area contributed by atoms with E-state index in [1.165, 1.54) is 6.07 Å². The van der Waals surface area contributed by atoms with E-state index in [-0.39, 0.29) is 16.4 Å². The molecule has 1 aliphatic heterocycles. The van der Waals surface area contributed by atoms with Crippen LogP contribution in [0.3, 0.4) is 0 Å². The molecule has 1 heterocycles. The first-order chi connectivity index (χ1) is 13.6. The number of para-hydroxylation sites is 1. The van der Waals surface area contributed by atoms with Crippen molar-refractivity contribution in [2.75, 3.05) is 11.9 Å². The van der Waals surface area contributed by atoms with Gasteiger partial charge in [0.15, 0.2) is 0 Å². The van der Waals surface area contributed by atoms with Gasteiger partial charge in [0, 0.05) is 28.8 Å². The second-order valence-electron chi connectivity index (χ2n) is 7.46. The number of allylic oxidation sites excluding steroid dienone is 3. The zero-order valence-electron chi connectivity index (χ0n) is 16.4. The maximum absolute atomic E-state index is 11.5. The summed E-state index contributed by atoms with van der Waals surface area (Å²) >= 11 is 3.54. The number of fused-ring (bicyclic) bond motifs is 1. The third-order valence-electron chi connectivity index (χ3n) is 5.15. The lowest BCUT2D eigenvalue weighted by Gasteiger charge is -2.29. The van der Waals surface area contributed by atoms with E-state index >= 15 is 0 Å². The van der Waals surface area contributed by atoms with Gasteiger partial charge in [0.05, 0.1) is 16.6 Å². The lowest BCUT2D eigenvalue weighted by atomic mass is 9.80. The Balaban J connectivity index is 1.82. The highest BCUT2D eigenvalue weighted by Crippen LogP contribution is 2.45. The van der Waals surface area contributed by atoms with E-state index in [0.717, 1.165) is 21.4 Å². The molecule has 3 rings (SSSR count). The van der Waals surface area contributed by atoms with Crippen molar-refractivity contribution in [2.24, 2.45) is 4.99 Å². The number of halogens is 1. The lowest BCUT2D eigenvalue weighted by molar-refractivity contribution is 0.479. The number of rotatable bonds is 5. The molecule has 2 aromatic rings. The molecule has 0 amide bonds. The minimum atomic E-state index is -4.24. The van der Waals surface area contributed by atoms with Gasteiger partial charge in [-0.3, -0.25) is 9.55 Å². The molecule has 0 saturated heterocycles. The van der Waals surface area contributed by atoms with Crippen molar-refractivity contribution >= 4 is 43.6 Å². The Morgan fingerprint density at radius 1 is 1.21 bits per heavy atom. The Labute approximate surface area is 180 Å². The topological polar surface area (TPSA) is 70.0 Å². The zero-order chi connectivity index (χ0) is 21.2. The maximum atomic E-state index is 11.5. The summed E-state index contributed by atoms with van der Waals surface area (Å²) in [5.41, 5.74) is 2.38. The van der Waals surface area contributed by atoms with Gasteiger partial charge in [0.25, 0.3) is 10.1 Å². The van der Waals surface area contributed by atoms with Gasteiger partial charge in [-0.1, -0.05) is 54.1 Å². The monoisotopic (exact) mass is 474 g/mol. The fourth-order valence-corrected chi connectivity index (χ4v) is 4.39. The van der Waals surface area contributed by atoms with E-state index < -0.39 is 10.1 Å². The number of anilines is 1. The van der Waals surface area contributed by atoms with Crippen LogP contribution < -0.4 is 4.90 Å². The predicted molar refractivity (Wildman–Crippen MR) is 122 cm³/mol. The molecule has 5 nitrogen and oxygen atoms in total. The van der Waals surface area contributed by atoms with Gasteiger partial charge in [0.1, 0.15) is 0 Å². The van der Waals surface area contributed by atoms with E-state index in [1.54, 1.807) is 18.3 Å². The van der Waals surface area contributed by atoms with Gasteiger partial charge in [-0.05, 0) is 48.0 Å². The summed E-state index contributed by atoms with van der Waals surface area (Å²) in [4.78, 5) is 6.40. The fraction of sp³-hybridized carbons (Fsp3) is 0.227. The van der Waals surface area contributed by atoms with E-state index in [2.05, 4.69) is 45.7 Å². The third kappa shape index (κ3) is 4.69. The summed E-state index contributed by atoms with van der Waals surface area (Å²) in [6.07, 6.45) is 7.65. The second kappa shape index (κ2) is 8.26. The summed E-state index contributed by atoms with van der Waals surface area (Å²) in [7, 11) is -2.26. The first-order valence-corrected chi connectivity index (χ1v) is 11.3. The van der Waals surface area contributed by atoms with Crippen molar-refractivity contribution in [3.63, 3.8) is 0 Å². The summed E-state index contributed by atoms with van der Waals surface area (Å²) < 4.78 is 33.3. The molecule has 152 valence electrons. The van der Waals surface area contributed by atoms with Gasteiger partial charge in [0.2, 0.25) is 0 Å². The molecule has 0 fully saturated rings. The van der Waals surface area contributed by atoms with E-state index in [1.807, 2.05) is 49.5 Å². The number of hydrogen-bond donors (Lipinski definition) is 1. The van der Waals surface area contributed by atoms with Crippen molar-refractivity contribution in [1.82, 2.24) is 0 Å². The standard InChI is InChI=1S/C22H23BrN2O3S/c1-22(2)19-15-18(29(26,27)28)10-11-20(19)25(3)21(22)12-9-16(23)13-14-24-17-7-5-4-6-8-17/h4-15,21H,1-3H3,(H,26,27,28)/b12-9+,16-13-,24-14?. The third-order valence-corrected chi connectivity index (χ3v) is 6.53. The number of nitrogens with zero attached hydrogens (tertiary/aromatic N) is 2. The first-order valence-electron chi connectivity index (χ1n) is 9.08. The van der Waals surface area contributed by atoms with Gasteiger partial charge in [-0.15, -0.1) is 0 Å². The van der Waals surface area contributed by atoms with Crippen LogP contribution in [-0.2, 0) is 15.5 Å². The van der Waals surface area contributed by atoms with Gasteiger partial charge in [-0.2, -0.15) is 8.42 Å². The van der Waals surface area contributed by atoms with E-state index in [4.69, 9.17) is 0 Å². The van der Waals surface area contributed by atoms with Crippen LogP contribution >= 0.6 is 15.9 Å². The highest BCUT2D eigenvalue weighted by atomic mass is 79.9. The summed E-state index contributed by atoms with van der Waals surface area (Å²) in [5.74, 6) is 0. The van der Waals surface area contributed by atoms with Crippen LogP contribution in [-0.4, -0.2) is 32.3 Å². The van der Waals surface area contributed by atoms with Gasteiger partial charge >= 0.3 is 0 Å². The Morgan fingerprint density at radius 2 is 1.90 bits per heavy atom. The predicted octanol–water partition coefficient (Wildman–Crippen LogP) is 5.27. The highest BCUT2D eigenvalue weighted by Gasteiger charge is 2.42. The second-order valence-corrected chi connectivity index (χ2v) is 9.79. The minimum absolute atomic E-state index is 0.0150. The molecule has 7 heteroatoms. The largest absolute Gasteiger partial charge is 0.367 e. The molecule has 0 bridgehead atoms. The van der Waals surface area contributed by atoms with Crippen LogP contribution in [0.5, 0.6) is 0 Å². The van der Waals surface area contributed by atoms with Crippen molar-refractivity contribution < 1.29 is 13.0 Å². The molecule has 1 aliphatic rings. The Bertz CT molecular complexity index is 1090. The Hall–Kier alpha value is -2.22. The molecule has 1 unspecified atom stereocenters. The van der Waals surface area contributed by atoms with Crippen molar-refractivity contribution in [2.45, 2.75) is 30.2 Å². The molecular weight excluding hydrogens is 452 g/mol. The molecule has 1 atom stereocenters. The molecular formula is C22H23BrN2O3S.